The minimum Gasteiger partial charge on any atom is -0.396 e. The Morgan fingerprint density at radius 1 is 1.24 bits per heavy atom. The van der Waals surface area contributed by atoms with Crippen LogP contribution >= 0.6 is 11.6 Å². The van der Waals surface area contributed by atoms with E-state index in [4.69, 9.17) is 11.6 Å². The molecule has 0 aliphatic carbocycles. The number of nitrogens with one attached hydrogen (secondary N) is 1. The van der Waals surface area contributed by atoms with Gasteiger partial charge in [-0.1, -0.05) is 17.7 Å². The molecule has 3 aromatic rings. The molecule has 0 saturated heterocycles. The van der Waals surface area contributed by atoms with Crippen LogP contribution in [0.3, 0.4) is 0 Å². The number of aliphatic hydroxyl groups excluding tert-OH is 1. The van der Waals surface area contributed by atoms with E-state index < -0.39 is 17.3 Å². The SMILES string of the molecule is Cc1nc(-c2ccc(Cl)cc2)n(CC(=O)Nc2cccc(F)c2)c(=O)c1CCO. The number of hydrogen-bond acceptors (Lipinski definition) is 4. The maximum Gasteiger partial charge on any atom is 0.257 e. The molecule has 6 nitrogen and oxygen atoms in total. The summed E-state index contributed by atoms with van der Waals surface area (Å²) in [7, 11) is 0. The monoisotopic (exact) mass is 415 g/mol. The largest absolute Gasteiger partial charge is 0.396 e. The number of benzene rings is 2. The molecule has 0 unspecified atom stereocenters. The molecule has 2 aromatic carbocycles. The molecule has 0 aliphatic heterocycles. The molecular formula is C21H19ClFN3O3. The molecule has 8 heteroatoms. The van der Waals surface area contributed by atoms with Crippen LogP contribution in [0.25, 0.3) is 11.4 Å². The van der Waals surface area contributed by atoms with Crippen LogP contribution in [0.4, 0.5) is 10.1 Å². The Morgan fingerprint density at radius 2 is 1.97 bits per heavy atom. The first-order chi connectivity index (χ1) is 13.9. The standard InChI is InChI=1S/C21H19ClFN3O3/c1-13-18(9-10-27)21(29)26(20(24-13)14-5-7-15(22)8-6-14)12-19(28)25-17-4-2-3-16(23)11-17/h2-8,11,27H,9-10,12H2,1H3,(H,25,28). The third-order valence-corrected chi connectivity index (χ3v) is 4.60. The topological polar surface area (TPSA) is 84.2 Å². The number of nitrogens with zero attached hydrogens (tertiary/aromatic N) is 2. The van der Waals surface area contributed by atoms with Crippen LogP contribution in [0, 0.1) is 12.7 Å². The first-order valence-corrected chi connectivity index (χ1v) is 9.29. The van der Waals surface area contributed by atoms with E-state index in [0.29, 0.717) is 27.7 Å². The van der Waals surface area contributed by atoms with Gasteiger partial charge in [-0.05, 0) is 49.4 Å². The number of aliphatic hydroxyl groups is 1. The van der Waals surface area contributed by atoms with Gasteiger partial charge in [-0.15, -0.1) is 0 Å². The molecular weight excluding hydrogens is 397 g/mol. The fourth-order valence-corrected chi connectivity index (χ4v) is 3.10. The van der Waals surface area contributed by atoms with Crippen molar-refractivity contribution in [1.29, 1.82) is 0 Å². The number of amides is 1. The number of rotatable bonds is 6. The molecule has 0 aliphatic rings. The molecule has 2 N–H and O–H groups in total. The third-order valence-electron chi connectivity index (χ3n) is 4.34. The lowest BCUT2D eigenvalue weighted by Gasteiger charge is -2.16. The van der Waals surface area contributed by atoms with E-state index in [1.807, 2.05) is 0 Å². The highest BCUT2D eigenvalue weighted by Crippen LogP contribution is 2.20. The van der Waals surface area contributed by atoms with Gasteiger partial charge < -0.3 is 10.4 Å². The van der Waals surface area contributed by atoms with Crippen LogP contribution in [-0.2, 0) is 17.8 Å². The minimum absolute atomic E-state index is 0.129. The van der Waals surface area contributed by atoms with E-state index in [-0.39, 0.29) is 25.3 Å². The molecule has 0 atom stereocenters. The molecule has 3 rings (SSSR count). The lowest BCUT2D eigenvalue weighted by atomic mass is 10.1. The second kappa shape index (κ2) is 8.98. The van der Waals surface area contributed by atoms with Crippen molar-refractivity contribution in [2.45, 2.75) is 19.9 Å². The number of carbonyl (C=O) groups excluding carboxylic acids is 1. The Hall–Kier alpha value is -3.03. The van der Waals surface area contributed by atoms with Gasteiger partial charge >= 0.3 is 0 Å². The molecule has 1 amide bonds. The van der Waals surface area contributed by atoms with Gasteiger partial charge in [0.1, 0.15) is 18.2 Å². The highest BCUT2D eigenvalue weighted by Gasteiger charge is 2.18. The summed E-state index contributed by atoms with van der Waals surface area (Å²) in [6.45, 7) is 1.15. The van der Waals surface area contributed by atoms with Gasteiger partial charge in [0.15, 0.2) is 0 Å². The van der Waals surface area contributed by atoms with E-state index >= 15 is 0 Å². The number of carbonyl (C=O) groups is 1. The normalized spacial score (nSPS) is 10.8. The van der Waals surface area contributed by atoms with Crippen molar-refractivity contribution in [3.8, 4) is 11.4 Å². The van der Waals surface area contributed by atoms with E-state index in [1.165, 1.54) is 22.8 Å². The van der Waals surface area contributed by atoms with Gasteiger partial charge in [0.25, 0.3) is 5.56 Å². The number of aryl methyl sites for hydroxylation is 1. The quantitative estimate of drug-likeness (QED) is 0.647. The fourth-order valence-electron chi connectivity index (χ4n) is 2.98. The third kappa shape index (κ3) is 4.88. The van der Waals surface area contributed by atoms with Gasteiger partial charge in [-0.2, -0.15) is 0 Å². The second-order valence-corrected chi connectivity index (χ2v) is 6.87. The summed E-state index contributed by atoms with van der Waals surface area (Å²) in [5.41, 5.74) is 1.31. The molecule has 1 aromatic heterocycles. The van der Waals surface area contributed by atoms with Crippen molar-refractivity contribution in [1.82, 2.24) is 9.55 Å². The van der Waals surface area contributed by atoms with Crippen LogP contribution < -0.4 is 10.9 Å². The first-order valence-electron chi connectivity index (χ1n) is 8.91. The van der Waals surface area contributed by atoms with Gasteiger partial charge in [-0.3, -0.25) is 14.2 Å². The van der Waals surface area contributed by atoms with Gasteiger partial charge in [0.05, 0.1) is 0 Å². The second-order valence-electron chi connectivity index (χ2n) is 6.43. The Labute approximate surface area is 171 Å². The number of hydrogen-bond donors (Lipinski definition) is 2. The van der Waals surface area contributed by atoms with Gasteiger partial charge in [0.2, 0.25) is 5.91 Å². The van der Waals surface area contributed by atoms with E-state index in [1.54, 1.807) is 37.3 Å². The highest BCUT2D eigenvalue weighted by atomic mass is 35.5. The van der Waals surface area contributed by atoms with Crippen LogP contribution in [0.1, 0.15) is 11.3 Å². The number of halogens is 2. The summed E-state index contributed by atoms with van der Waals surface area (Å²) in [5.74, 6) is -0.683. The molecule has 0 bridgehead atoms. The van der Waals surface area contributed by atoms with Crippen LogP contribution in [0.2, 0.25) is 5.02 Å². The fraction of sp³-hybridized carbons (Fsp3) is 0.190. The summed E-state index contributed by atoms with van der Waals surface area (Å²) in [6, 6.07) is 12.2. The van der Waals surface area contributed by atoms with Gasteiger partial charge in [-0.25, -0.2) is 9.37 Å². The molecule has 0 radical (unpaired) electrons. The lowest BCUT2D eigenvalue weighted by molar-refractivity contribution is -0.116. The predicted molar refractivity (Wildman–Crippen MR) is 109 cm³/mol. The van der Waals surface area contributed by atoms with Crippen molar-refractivity contribution in [2.75, 3.05) is 11.9 Å². The molecule has 0 fully saturated rings. The average Bonchev–Trinajstić information content (AvgIpc) is 2.68. The smallest absolute Gasteiger partial charge is 0.257 e. The molecule has 0 saturated carbocycles. The molecule has 0 spiro atoms. The van der Waals surface area contributed by atoms with Gasteiger partial charge in [0, 0.05) is 40.6 Å². The first kappa shape index (κ1) is 20.7. The molecule has 29 heavy (non-hydrogen) atoms. The van der Waals surface area contributed by atoms with E-state index in [2.05, 4.69) is 10.3 Å². The Bertz CT molecular complexity index is 1100. The minimum atomic E-state index is -0.506. The lowest BCUT2D eigenvalue weighted by Crippen LogP contribution is -2.33. The Balaban J connectivity index is 2.02. The Morgan fingerprint density at radius 3 is 2.62 bits per heavy atom. The van der Waals surface area contributed by atoms with E-state index in [0.717, 1.165) is 0 Å². The Kier molecular flexibility index (Phi) is 6.41. The number of anilines is 1. The van der Waals surface area contributed by atoms with Crippen molar-refractivity contribution in [2.24, 2.45) is 0 Å². The van der Waals surface area contributed by atoms with Crippen molar-refractivity contribution < 1.29 is 14.3 Å². The zero-order chi connectivity index (χ0) is 21.0. The van der Waals surface area contributed by atoms with Crippen molar-refractivity contribution >= 4 is 23.2 Å². The maximum absolute atomic E-state index is 13.4. The van der Waals surface area contributed by atoms with Crippen LogP contribution in [-0.4, -0.2) is 27.2 Å². The average molecular weight is 416 g/mol. The summed E-state index contributed by atoms with van der Waals surface area (Å²) < 4.78 is 14.6. The van der Waals surface area contributed by atoms with Crippen LogP contribution in [0.5, 0.6) is 0 Å². The predicted octanol–water partition coefficient (Wildman–Crippen LogP) is 3.18. The van der Waals surface area contributed by atoms with Crippen molar-refractivity contribution in [3.63, 3.8) is 0 Å². The molecule has 1 heterocycles. The summed E-state index contributed by atoms with van der Waals surface area (Å²) in [6.07, 6.45) is 0.129. The number of aromatic nitrogens is 2. The summed E-state index contributed by atoms with van der Waals surface area (Å²) >= 11 is 5.94. The summed E-state index contributed by atoms with van der Waals surface area (Å²) in [5, 5.41) is 12.4. The van der Waals surface area contributed by atoms with Crippen molar-refractivity contribution in [3.05, 3.63) is 81.0 Å². The van der Waals surface area contributed by atoms with Crippen LogP contribution in [0.15, 0.2) is 53.3 Å². The maximum atomic E-state index is 13.4. The molecule has 150 valence electrons. The highest BCUT2D eigenvalue weighted by molar-refractivity contribution is 6.30. The zero-order valence-corrected chi connectivity index (χ0v) is 16.4. The van der Waals surface area contributed by atoms with E-state index in [9.17, 15) is 19.1 Å². The zero-order valence-electron chi connectivity index (χ0n) is 15.7. The summed E-state index contributed by atoms with van der Waals surface area (Å²) in [4.78, 5) is 30.1.